The van der Waals surface area contributed by atoms with Crippen molar-refractivity contribution in [1.29, 1.82) is 0 Å². The Balaban J connectivity index is 2.31. The lowest BCUT2D eigenvalue weighted by Crippen LogP contribution is -1.82. The molecule has 0 spiro atoms. The molecule has 0 aliphatic carbocycles. The Morgan fingerprint density at radius 1 is 1.27 bits per heavy atom. The van der Waals surface area contributed by atoms with Crippen LogP contribution in [-0.4, -0.2) is 9.36 Å². The Bertz CT molecular complexity index is 466. The van der Waals surface area contributed by atoms with Crippen molar-refractivity contribution >= 4 is 51.6 Å². The van der Waals surface area contributed by atoms with Gasteiger partial charge in [0.15, 0.2) is 0 Å². The molecule has 0 aliphatic rings. The number of halogens is 2. The van der Waals surface area contributed by atoms with Gasteiger partial charge in [-0.1, -0.05) is 29.3 Å². The molecule has 78 valence electrons. The zero-order valence-corrected chi connectivity index (χ0v) is 10.4. The maximum atomic E-state index is 6.00. The number of anilines is 1. The van der Waals surface area contributed by atoms with Crippen LogP contribution in [0.15, 0.2) is 28.3 Å². The highest BCUT2D eigenvalue weighted by atomic mass is 35.5. The van der Waals surface area contributed by atoms with Crippen molar-refractivity contribution in [2.75, 3.05) is 5.73 Å². The lowest BCUT2D eigenvalue weighted by molar-refractivity contribution is 1.08. The van der Waals surface area contributed by atoms with Crippen LogP contribution in [0.25, 0.3) is 0 Å². The molecule has 7 heteroatoms. The number of nitrogens with two attached hydrogens (primary N) is 1. The SMILES string of the molecule is Nc1nc(Sc2c(Cl)cccc2Cl)ns1. The molecular weight excluding hydrogens is 273 g/mol. The normalized spacial score (nSPS) is 10.5. The van der Waals surface area contributed by atoms with Crippen LogP contribution in [0.3, 0.4) is 0 Å². The Morgan fingerprint density at radius 3 is 2.47 bits per heavy atom. The van der Waals surface area contributed by atoms with E-state index in [0.717, 1.165) is 16.4 Å². The summed E-state index contributed by atoms with van der Waals surface area (Å²) in [5.41, 5.74) is 5.47. The average Bonchev–Trinajstić information content (AvgIpc) is 2.58. The maximum absolute atomic E-state index is 6.00. The number of hydrogen-bond acceptors (Lipinski definition) is 5. The van der Waals surface area contributed by atoms with E-state index in [9.17, 15) is 0 Å². The Labute approximate surface area is 105 Å². The number of hydrogen-bond donors (Lipinski definition) is 1. The molecule has 1 heterocycles. The third-order valence-electron chi connectivity index (χ3n) is 1.54. The summed E-state index contributed by atoms with van der Waals surface area (Å²) >= 11 is 14.4. The first-order chi connectivity index (χ1) is 7.16. The number of nitrogen functional groups attached to an aromatic ring is 1. The molecule has 1 aromatic carbocycles. The standard InChI is InChI=1S/C8H5Cl2N3S2/c9-4-2-1-3-5(10)6(4)14-8-12-7(11)15-13-8/h1-3H,(H2,11,12,13). The first-order valence-electron chi connectivity index (χ1n) is 3.88. The van der Waals surface area contributed by atoms with Gasteiger partial charge >= 0.3 is 0 Å². The van der Waals surface area contributed by atoms with E-state index in [1.165, 1.54) is 11.8 Å². The largest absolute Gasteiger partial charge is 0.374 e. The molecule has 0 saturated heterocycles. The molecule has 2 rings (SSSR count). The highest BCUT2D eigenvalue weighted by Gasteiger charge is 2.10. The summed E-state index contributed by atoms with van der Waals surface area (Å²) < 4.78 is 4.04. The first kappa shape index (κ1) is 11.0. The van der Waals surface area contributed by atoms with Gasteiger partial charge in [0.2, 0.25) is 10.3 Å². The van der Waals surface area contributed by atoms with Crippen molar-refractivity contribution < 1.29 is 0 Å². The van der Waals surface area contributed by atoms with Crippen LogP contribution in [0, 0.1) is 0 Å². The fraction of sp³-hybridized carbons (Fsp3) is 0. The van der Waals surface area contributed by atoms with Gasteiger partial charge in [0.25, 0.3) is 0 Å². The number of aromatic nitrogens is 2. The molecule has 2 aromatic rings. The number of benzene rings is 1. The van der Waals surface area contributed by atoms with Crippen LogP contribution < -0.4 is 5.73 Å². The van der Waals surface area contributed by atoms with Gasteiger partial charge in [-0.25, -0.2) is 0 Å². The summed E-state index contributed by atoms with van der Waals surface area (Å²) in [6.45, 7) is 0. The van der Waals surface area contributed by atoms with Gasteiger partial charge in [-0.15, -0.1) is 0 Å². The molecule has 2 N–H and O–H groups in total. The fourth-order valence-electron chi connectivity index (χ4n) is 0.934. The second kappa shape index (κ2) is 4.57. The van der Waals surface area contributed by atoms with E-state index in [-0.39, 0.29) is 0 Å². The molecule has 0 unspecified atom stereocenters. The van der Waals surface area contributed by atoms with Crippen molar-refractivity contribution in [1.82, 2.24) is 9.36 Å². The smallest absolute Gasteiger partial charge is 0.206 e. The zero-order chi connectivity index (χ0) is 10.8. The van der Waals surface area contributed by atoms with E-state index >= 15 is 0 Å². The molecule has 1 aromatic heterocycles. The highest BCUT2D eigenvalue weighted by molar-refractivity contribution is 7.99. The lowest BCUT2D eigenvalue weighted by Gasteiger charge is -2.02. The van der Waals surface area contributed by atoms with E-state index in [0.29, 0.717) is 20.3 Å². The number of rotatable bonds is 2. The van der Waals surface area contributed by atoms with Gasteiger partial charge in [-0.2, -0.15) is 9.36 Å². The summed E-state index contributed by atoms with van der Waals surface area (Å²) in [7, 11) is 0. The van der Waals surface area contributed by atoms with Gasteiger partial charge < -0.3 is 5.73 Å². The molecule has 0 atom stereocenters. The fourth-order valence-corrected chi connectivity index (χ4v) is 2.88. The molecular formula is C8H5Cl2N3S2. The topological polar surface area (TPSA) is 51.8 Å². The van der Waals surface area contributed by atoms with Crippen molar-refractivity contribution in [2.45, 2.75) is 10.1 Å². The summed E-state index contributed by atoms with van der Waals surface area (Å²) in [6, 6.07) is 5.33. The quantitative estimate of drug-likeness (QED) is 0.912. The minimum absolute atomic E-state index is 0.431. The second-order valence-corrected chi connectivity index (χ2v) is 5.14. The van der Waals surface area contributed by atoms with Crippen LogP contribution in [0.5, 0.6) is 0 Å². The summed E-state index contributed by atoms with van der Waals surface area (Å²) in [6.07, 6.45) is 0. The van der Waals surface area contributed by atoms with Gasteiger partial charge in [-0.3, -0.25) is 0 Å². The van der Waals surface area contributed by atoms with Gasteiger partial charge in [0, 0.05) is 11.5 Å². The lowest BCUT2D eigenvalue weighted by atomic mass is 10.4. The molecule has 0 fully saturated rings. The summed E-state index contributed by atoms with van der Waals surface area (Å²) in [5.74, 6) is 0. The van der Waals surface area contributed by atoms with Gasteiger partial charge in [-0.05, 0) is 23.9 Å². The number of nitrogens with zero attached hydrogens (tertiary/aromatic N) is 2. The van der Waals surface area contributed by atoms with Crippen molar-refractivity contribution in [2.24, 2.45) is 0 Å². The van der Waals surface area contributed by atoms with Crippen LogP contribution in [0.2, 0.25) is 10.0 Å². The van der Waals surface area contributed by atoms with Crippen molar-refractivity contribution in [3.63, 3.8) is 0 Å². The molecule has 0 aliphatic heterocycles. The third-order valence-corrected chi connectivity index (χ3v) is 4.06. The monoisotopic (exact) mass is 277 g/mol. The van der Waals surface area contributed by atoms with Crippen molar-refractivity contribution in [3.05, 3.63) is 28.2 Å². The highest BCUT2D eigenvalue weighted by Crippen LogP contribution is 2.37. The molecule has 0 radical (unpaired) electrons. The molecule has 3 nitrogen and oxygen atoms in total. The predicted molar refractivity (Wildman–Crippen MR) is 64.9 cm³/mol. The van der Waals surface area contributed by atoms with Gasteiger partial charge in [0.05, 0.1) is 14.9 Å². The predicted octanol–water partition coefficient (Wildman–Crippen LogP) is 3.58. The average molecular weight is 278 g/mol. The van der Waals surface area contributed by atoms with Gasteiger partial charge in [0.1, 0.15) is 0 Å². The summed E-state index contributed by atoms with van der Waals surface area (Å²) in [5, 5.41) is 2.16. The van der Waals surface area contributed by atoms with Crippen LogP contribution in [0.4, 0.5) is 5.13 Å². The van der Waals surface area contributed by atoms with E-state index in [2.05, 4.69) is 9.36 Å². The Hall–Kier alpha value is -0.490. The van der Waals surface area contributed by atoms with E-state index in [1.54, 1.807) is 18.2 Å². The Morgan fingerprint density at radius 2 is 1.93 bits per heavy atom. The van der Waals surface area contributed by atoms with Crippen molar-refractivity contribution in [3.8, 4) is 0 Å². The minimum atomic E-state index is 0.431. The van der Waals surface area contributed by atoms with E-state index in [1.807, 2.05) is 0 Å². The molecule has 0 amide bonds. The summed E-state index contributed by atoms with van der Waals surface area (Å²) in [4.78, 5) is 4.77. The van der Waals surface area contributed by atoms with E-state index < -0.39 is 0 Å². The minimum Gasteiger partial charge on any atom is -0.374 e. The molecule has 0 saturated carbocycles. The van der Waals surface area contributed by atoms with Crippen LogP contribution in [0.1, 0.15) is 0 Å². The zero-order valence-electron chi connectivity index (χ0n) is 7.28. The Kier molecular flexibility index (Phi) is 3.35. The maximum Gasteiger partial charge on any atom is 0.206 e. The molecule has 15 heavy (non-hydrogen) atoms. The molecule has 0 bridgehead atoms. The van der Waals surface area contributed by atoms with Crippen LogP contribution >= 0.6 is 46.5 Å². The van der Waals surface area contributed by atoms with Crippen LogP contribution in [-0.2, 0) is 0 Å². The third kappa shape index (κ3) is 2.55. The second-order valence-electron chi connectivity index (χ2n) is 2.57. The first-order valence-corrected chi connectivity index (χ1v) is 6.22. The van der Waals surface area contributed by atoms with E-state index in [4.69, 9.17) is 28.9 Å².